The van der Waals surface area contributed by atoms with Gasteiger partial charge in [0.1, 0.15) is 35.0 Å². The van der Waals surface area contributed by atoms with Crippen molar-refractivity contribution in [3.05, 3.63) is 95.1 Å². The number of para-hydroxylation sites is 1. The molecule has 2 saturated carbocycles. The molecule has 4 aromatic rings. The number of aliphatic hydroxyl groups excluding tert-OH is 1. The van der Waals surface area contributed by atoms with E-state index in [9.17, 15) is 19.1 Å². The Labute approximate surface area is 323 Å². The number of ether oxygens (including phenoxy) is 2. The van der Waals surface area contributed by atoms with Crippen molar-refractivity contribution in [2.45, 2.75) is 105 Å². The molecule has 0 radical (unpaired) electrons. The van der Waals surface area contributed by atoms with Gasteiger partial charge in [-0.1, -0.05) is 59.6 Å². The van der Waals surface area contributed by atoms with Gasteiger partial charge >= 0.3 is 0 Å². The average Bonchev–Trinajstić information content (AvgIpc) is 3.55. The van der Waals surface area contributed by atoms with Crippen LogP contribution in [0, 0.1) is 35.9 Å². The number of aryl methyl sites for hydroxylation is 1. The third-order valence-electron chi connectivity index (χ3n) is 12.1. The number of H-pyrrole nitrogens is 1. The first-order valence-corrected chi connectivity index (χ1v) is 19.6. The van der Waals surface area contributed by atoms with Crippen molar-refractivity contribution in [1.82, 2.24) is 4.98 Å². The molecule has 0 aliphatic heterocycles. The summed E-state index contributed by atoms with van der Waals surface area (Å²) >= 11 is 0. The number of fused-ring (bicyclic) bond motifs is 1. The quantitative estimate of drug-likeness (QED) is 0.0930. The van der Waals surface area contributed by atoms with Crippen molar-refractivity contribution in [3.8, 4) is 17.2 Å². The number of hydrogen-bond acceptors (Lipinski definition) is 7. The molecule has 0 saturated heterocycles. The Morgan fingerprint density at radius 3 is 2.47 bits per heavy atom. The van der Waals surface area contributed by atoms with Gasteiger partial charge in [-0.25, -0.2) is 9.38 Å². The molecule has 2 aliphatic rings. The number of rotatable bonds is 10. The number of Topliss-reactive ketones (excluding diaryl/α,β-unsaturated/α-hetero) is 2. The number of hydrogen-bond donors (Lipinski definition) is 4. The SMILES string of the molecule is Cc1cc(Oc2ccccc2F)ccc1N=C(N)C(=CN)C(O)c1cc2cc(OC3CCCCC(C(C)C)CC3)c(C3CC(=O)C(C)C(C)(C)C3=O)cc2[nH]1. The molecule has 9 nitrogen and oxygen atoms in total. The Kier molecular flexibility index (Phi) is 11.9. The molecule has 0 spiro atoms. The summed E-state index contributed by atoms with van der Waals surface area (Å²) in [6.45, 7) is 12.0. The first-order chi connectivity index (χ1) is 26.2. The minimum absolute atomic E-state index is 0.0101. The van der Waals surface area contributed by atoms with Crippen LogP contribution < -0.4 is 20.9 Å². The predicted molar refractivity (Wildman–Crippen MR) is 215 cm³/mol. The number of aromatic amines is 1. The van der Waals surface area contributed by atoms with E-state index in [0.717, 1.165) is 37.5 Å². The van der Waals surface area contributed by atoms with Gasteiger partial charge in [0.25, 0.3) is 0 Å². The van der Waals surface area contributed by atoms with E-state index in [1.165, 1.54) is 18.7 Å². The van der Waals surface area contributed by atoms with Crippen LogP contribution >= 0.6 is 0 Å². The summed E-state index contributed by atoms with van der Waals surface area (Å²) in [4.78, 5) is 35.3. The van der Waals surface area contributed by atoms with Crippen molar-refractivity contribution in [1.29, 1.82) is 0 Å². The second-order valence-corrected chi connectivity index (χ2v) is 16.3. The number of nitrogens with two attached hydrogens (primary N) is 2. The molecule has 1 heterocycles. The fraction of sp³-hybridized carbons (Fsp3) is 0.444. The number of aliphatic imine (C=N–C) groups is 1. The molecule has 2 aliphatic carbocycles. The number of nitrogens with zero attached hydrogens (tertiary/aromatic N) is 1. The van der Waals surface area contributed by atoms with Crippen LogP contribution in [0.5, 0.6) is 17.2 Å². The Bertz CT molecular complexity index is 2120. The van der Waals surface area contributed by atoms with Crippen LogP contribution in [0.3, 0.4) is 0 Å². The third-order valence-corrected chi connectivity index (χ3v) is 12.1. The maximum absolute atomic E-state index is 14.1. The molecular weight excluding hydrogens is 696 g/mol. The van der Waals surface area contributed by atoms with E-state index in [2.05, 4.69) is 23.8 Å². The lowest BCUT2D eigenvalue weighted by Gasteiger charge is -2.38. The van der Waals surface area contributed by atoms with Gasteiger partial charge in [-0.15, -0.1) is 0 Å². The maximum Gasteiger partial charge on any atom is 0.165 e. The van der Waals surface area contributed by atoms with E-state index in [4.69, 9.17) is 20.9 Å². The summed E-state index contributed by atoms with van der Waals surface area (Å²) in [6, 6.07) is 16.9. The minimum atomic E-state index is -1.27. The van der Waals surface area contributed by atoms with Gasteiger partial charge in [-0.05, 0) is 98.5 Å². The highest BCUT2D eigenvalue weighted by Gasteiger charge is 2.48. The van der Waals surface area contributed by atoms with Crippen LogP contribution in [0.25, 0.3) is 10.9 Å². The van der Waals surface area contributed by atoms with E-state index < -0.39 is 23.3 Å². The van der Waals surface area contributed by atoms with E-state index in [-0.39, 0.29) is 47.2 Å². The van der Waals surface area contributed by atoms with Gasteiger partial charge in [-0.2, -0.15) is 0 Å². The summed E-state index contributed by atoms with van der Waals surface area (Å²) in [7, 11) is 0. The number of halogens is 1. The molecule has 1 aromatic heterocycles. The molecule has 5 atom stereocenters. The molecule has 55 heavy (non-hydrogen) atoms. The summed E-state index contributed by atoms with van der Waals surface area (Å²) < 4.78 is 26.7. The Morgan fingerprint density at radius 1 is 1.02 bits per heavy atom. The monoisotopic (exact) mass is 750 g/mol. The summed E-state index contributed by atoms with van der Waals surface area (Å²) in [5, 5.41) is 12.4. The lowest BCUT2D eigenvalue weighted by molar-refractivity contribution is -0.144. The summed E-state index contributed by atoms with van der Waals surface area (Å²) in [6.07, 6.45) is 6.43. The minimum Gasteiger partial charge on any atom is -0.490 e. The van der Waals surface area contributed by atoms with Crippen molar-refractivity contribution in [2.24, 2.45) is 39.6 Å². The van der Waals surface area contributed by atoms with Gasteiger partial charge in [-0.3, -0.25) is 9.59 Å². The number of aromatic nitrogens is 1. The molecule has 2 fully saturated rings. The normalized spacial score (nSPS) is 23.1. The fourth-order valence-electron chi connectivity index (χ4n) is 8.09. The molecule has 6 N–H and O–H groups in total. The number of aliphatic hydroxyl groups is 1. The van der Waals surface area contributed by atoms with Gasteiger partial charge < -0.3 is 31.0 Å². The van der Waals surface area contributed by atoms with E-state index in [0.29, 0.717) is 51.4 Å². The standard InChI is InChI=1S/C45H55FN4O5/c1-25(2)28-11-7-8-12-30(16-15-28)54-41-21-29-20-38(49-37(29)22-32(41)33-23-39(51)27(4)45(5,6)43(33)53)42(52)34(24-47)44(48)50-36-18-17-31(19-26(36)3)55-40-14-10-9-13-35(40)46/h9-10,13-14,17-22,24-25,27-28,30,33,42,49,52H,7-8,11-12,15-16,23,47H2,1-6H3,(H2,48,50). The van der Waals surface area contributed by atoms with Crippen LogP contribution in [-0.2, 0) is 9.59 Å². The van der Waals surface area contributed by atoms with E-state index >= 15 is 0 Å². The molecule has 10 heteroatoms. The number of nitrogens with one attached hydrogen (secondary N) is 1. The third kappa shape index (κ3) is 8.49. The van der Waals surface area contributed by atoms with Gasteiger partial charge in [0.05, 0.1) is 17.7 Å². The van der Waals surface area contributed by atoms with Gasteiger partial charge in [0.15, 0.2) is 11.6 Å². The molecular formula is C45H55FN4O5. The molecule has 0 amide bonds. The summed E-state index contributed by atoms with van der Waals surface area (Å²) in [5.74, 6) is 0.979. The Hall–Kier alpha value is -4.96. The molecule has 5 unspecified atom stereocenters. The van der Waals surface area contributed by atoms with Crippen LogP contribution in [0.15, 0.2) is 77.4 Å². The number of amidine groups is 1. The molecule has 6 rings (SSSR count). The zero-order chi connectivity index (χ0) is 39.6. The maximum atomic E-state index is 14.1. The Balaban J connectivity index is 1.31. The molecule has 0 bridgehead atoms. The number of benzene rings is 3. The van der Waals surface area contributed by atoms with Crippen molar-refractivity contribution in [3.63, 3.8) is 0 Å². The molecule has 3 aromatic carbocycles. The van der Waals surface area contributed by atoms with E-state index in [1.54, 1.807) is 36.4 Å². The first kappa shape index (κ1) is 39.7. The summed E-state index contributed by atoms with van der Waals surface area (Å²) in [5.41, 5.74) is 14.9. The van der Waals surface area contributed by atoms with Gasteiger partial charge in [0.2, 0.25) is 0 Å². The molecule has 292 valence electrons. The lowest BCUT2D eigenvalue weighted by atomic mass is 9.62. The zero-order valence-electron chi connectivity index (χ0n) is 32.8. The lowest BCUT2D eigenvalue weighted by Crippen LogP contribution is -2.45. The predicted octanol–water partition coefficient (Wildman–Crippen LogP) is 9.63. The van der Waals surface area contributed by atoms with Gasteiger partial charge in [0, 0.05) is 51.7 Å². The van der Waals surface area contributed by atoms with Crippen LogP contribution in [0.1, 0.15) is 108 Å². The fourth-order valence-corrected chi connectivity index (χ4v) is 8.09. The van der Waals surface area contributed by atoms with Crippen LogP contribution in [-0.4, -0.2) is 33.6 Å². The van der Waals surface area contributed by atoms with Crippen molar-refractivity contribution in [2.75, 3.05) is 0 Å². The number of ketones is 2. The second kappa shape index (κ2) is 16.4. The van der Waals surface area contributed by atoms with Crippen molar-refractivity contribution < 1.29 is 28.6 Å². The highest BCUT2D eigenvalue weighted by Crippen LogP contribution is 2.46. The average molecular weight is 751 g/mol. The van der Waals surface area contributed by atoms with Crippen LogP contribution in [0.4, 0.5) is 10.1 Å². The number of carbonyl (C=O) groups excluding carboxylic acids is 2. The first-order valence-electron chi connectivity index (χ1n) is 19.6. The zero-order valence-corrected chi connectivity index (χ0v) is 32.8. The van der Waals surface area contributed by atoms with Crippen molar-refractivity contribution >= 4 is 34.0 Å². The van der Waals surface area contributed by atoms with E-state index in [1.807, 2.05) is 45.9 Å². The largest absolute Gasteiger partial charge is 0.490 e. The Morgan fingerprint density at radius 2 is 1.76 bits per heavy atom. The number of carbonyl (C=O) groups is 2. The highest BCUT2D eigenvalue weighted by atomic mass is 19.1. The topological polar surface area (TPSA) is 153 Å². The second-order valence-electron chi connectivity index (χ2n) is 16.3. The smallest absolute Gasteiger partial charge is 0.165 e. The van der Waals surface area contributed by atoms with Crippen LogP contribution in [0.2, 0.25) is 0 Å². The highest BCUT2D eigenvalue weighted by molar-refractivity contribution is 6.04.